The van der Waals surface area contributed by atoms with E-state index in [0.717, 1.165) is 99.6 Å². The lowest BCUT2D eigenvalue weighted by Crippen LogP contribution is -2.14. The number of benzene rings is 9. The lowest BCUT2D eigenvalue weighted by molar-refractivity contribution is 0.660. The molecule has 0 amide bonds. The van der Waals surface area contributed by atoms with Crippen molar-refractivity contribution in [3.63, 3.8) is 0 Å². The summed E-state index contributed by atoms with van der Waals surface area (Å²) >= 11 is 0. The van der Waals surface area contributed by atoms with Crippen molar-refractivity contribution in [2.24, 2.45) is 0 Å². The second kappa shape index (κ2) is 12.6. The summed E-state index contributed by atoms with van der Waals surface area (Å²) in [6, 6.07) is 66.7. The SMILES string of the molecule is CC1(C)c2ccccc2-c2ccc(-c3c4oc5c(N(c6ccc(-c7ccccc7)cc6)c6cccc7c6oc6ccccc67)cccc5c4cc4oc5ccccc5c34)cc21. The Morgan fingerprint density at radius 2 is 0.967 bits per heavy atom. The van der Waals surface area contributed by atoms with Crippen molar-refractivity contribution in [3.05, 3.63) is 199 Å². The van der Waals surface area contributed by atoms with Gasteiger partial charge in [0.25, 0.3) is 0 Å². The number of nitrogens with zero attached hydrogens (tertiary/aromatic N) is 1. The summed E-state index contributed by atoms with van der Waals surface area (Å²) in [7, 11) is 0. The minimum absolute atomic E-state index is 0.164. The van der Waals surface area contributed by atoms with E-state index in [1.54, 1.807) is 0 Å². The van der Waals surface area contributed by atoms with Crippen LogP contribution in [0.15, 0.2) is 201 Å². The minimum atomic E-state index is -0.164. The molecular weight excluding hydrogens is 747 g/mol. The maximum Gasteiger partial charge on any atom is 0.159 e. The Labute approximate surface area is 351 Å². The highest BCUT2D eigenvalue weighted by Crippen LogP contribution is 2.53. The number of fused-ring (bicyclic) bond motifs is 12. The van der Waals surface area contributed by atoms with Gasteiger partial charge in [0.1, 0.15) is 22.3 Å². The highest BCUT2D eigenvalue weighted by Gasteiger charge is 2.36. The Morgan fingerprint density at radius 1 is 0.377 bits per heavy atom. The van der Waals surface area contributed by atoms with Gasteiger partial charge >= 0.3 is 0 Å². The van der Waals surface area contributed by atoms with Crippen LogP contribution in [0.4, 0.5) is 17.1 Å². The first kappa shape index (κ1) is 34.1. The van der Waals surface area contributed by atoms with Crippen molar-refractivity contribution in [1.82, 2.24) is 0 Å². The predicted octanol–water partition coefficient (Wildman–Crippen LogP) is 16.5. The Balaban J connectivity index is 1.09. The molecule has 0 radical (unpaired) electrons. The number of furan rings is 3. The highest BCUT2D eigenvalue weighted by molar-refractivity contribution is 6.25. The fourth-order valence-electron chi connectivity index (χ4n) is 10.2. The van der Waals surface area contributed by atoms with E-state index in [9.17, 15) is 0 Å². The van der Waals surface area contributed by atoms with Gasteiger partial charge in [0.05, 0.1) is 11.4 Å². The van der Waals surface area contributed by atoms with Crippen LogP contribution in [-0.4, -0.2) is 0 Å². The van der Waals surface area contributed by atoms with Gasteiger partial charge in [-0.1, -0.05) is 153 Å². The van der Waals surface area contributed by atoms with Crippen molar-refractivity contribution in [1.29, 1.82) is 0 Å². The average Bonchev–Trinajstić information content (AvgIpc) is 4.05. The number of hydrogen-bond acceptors (Lipinski definition) is 4. The third-order valence-electron chi connectivity index (χ3n) is 13.1. The lowest BCUT2D eigenvalue weighted by Gasteiger charge is -2.25. The molecule has 0 aliphatic heterocycles. The van der Waals surface area contributed by atoms with Crippen molar-refractivity contribution >= 4 is 82.9 Å². The van der Waals surface area contributed by atoms with Crippen LogP contribution in [0.2, 0.25) is 0 Å². The molecule has 13 rings (SSSR count). The molecule has 12 aromatic rings. The molecule has 0 N–H and O–H groups in total. The molecule has 1 aliphatic rings. The van der Waals surface area contributed by atoms with E-state index >= 15 is 0 Å². The molecule has 0 saturated carbocycles. The van der Waals surface area contributed by atoms with E-state index in [4.69, 9.17) is 13.3 Å². The third kappa shape index (κ3) is 4.87. The molecule has 0 unspecified atom stereocenters. The van der Waals surface area contributed by atoms with Crippen molar-refractivity contribution in [2.75, 3.05) is 4.90 Å². The van der Waals surface area contributed by atoms with E-state index in [-0.39, 0.29) is 5.41 Å². The fraction of sp³-hybridized carbons (Fsp3) is 0.0526. The molecule has 0 saturated heterocycles. The van der Waals surface area contributed by atoms with Crippen LogP contribution in [0.3, 0.4) is 0 Å². The van der Waals surface area contributed by atoms with Crippen LogP contribution in [0.5, 0.6) is 0 Å². The van der Waals surface area contributed by atoms with E-state index < -0.39 is 0 Å². The average molecular weight is 784 g/mol. The van der Waals surface area contributed by atoms with Gasteiger partial charge in [-0.3, -0.25) is 0 Å². The number of para-hydroxylation sites is 4. The Morgan fingerprint density at radius 3 is 1.75 bits per heavy atom. The molecular formula is C57H37NO3. The molecule has 288 valence electrons. The highest BCUT2D eigenvalue weighted by atomic mass is 16.3. The van der Waals surface area contributed by atoms with Gasteiger partial charge < -0.3 is 18.2 Å². The maximum atomic E-state index is 7.40. The zero-order chi connectivity index (χ0) is 40.4. The molecule has 3 aromatic heterocycles. The molecule has 0 spiro atoms. The molecule has 0 bridgehead atoms. The molecule has 0 fully saturated rings. The first-order valence-corrected chi connectivity index (χ1v) is 20.9. The molecule has 4 nitrogen and oxygen atoms in total. The Hall–Kier alpha value is -7.82. The van der Waals surface area contributed by atoms with Gasteiger partial charge in [0.15, 0.2) is 11.2 Å². The minimum Gasteiger partial charge on any atom is -0.456 e. The molecule has 1 aliphatic carbocycles. The largest absolute Gasteiger partial charge is 0.456 e. The molecule has 0 atom stereocenters. The summed E-state index contributed by atoms with van der Waals surface area (Å²) in [5.74, 6) is 0. The van der Waals surface area contributed by atoms with Gasteiger partial charge in [-0.15, -0.1) is 0 Å². The van der Waals surface area contributed by atoms with Gasteiger partial charge in [0.2, 0.25) is 0 Å². The number of rotatable bonds is 5. The van der Waals surface area contributed by atoms with Crippen molar-refractivity contribution in [2.45, 2.75) is 19.3 Å². The normalized spacial score (nSPS) is 13.2. The smallest absolute Gasteiger partial charge is 0.159 e. The zero-order valence-corrected chi connectivity index (χ0v) is 33.6. The first-order valence-electron chi connectivity index (χ1n) is 20.9. The second-order valence-electron chi connectivity index (χ2n) is 16.8. The molecule has 9 aromatic carbocycles. The molecule has 4 heteroatoms. The van der Waals surface area contributed by atoms with Crippen LogP contribution in [0.1, 0.15) is 25.0 Å². The quantitative estimate of drug-likeness (QED) is 0.174. The van der Waals surface area contributed by atoms with E-state index in [2.05, 4.69) is 189 Å². The Bertz CT molecular complexity index is 3730. The van der Waals surface area contributed by atoms with Crippen molar-refractivity contribution in [3.8, 4) is 33.4 Å². The lowest BCUT2D eigenvalue weighted by atomic mass is 9.81. The summed E-state index contributed by atoms with van der Waals surface area (Å²) < 4.78 is 20.8. The monoisotopic (exact) mass is 783 g/mol. The summed E-state index contributed by atoms with van der Waals surface area (Å²) in [5.41, 5.74) is 17.3. The fourth-order valence-corrected chi connectivity index (χ4v) is 10.2. The van der Waals surface area contributed by atoms with E-state index in [1.807, 2.05) is 18.2 Å². The van der Waals surface area contributed by atoms with Crippen LogP contribution < -0.4 is 4.90 Å². The van der Waals surface area contributed by atoms with E-state index in [1.165, 1.54) is 27.8 Å². The standard InChI is InChI=1S/C57H37NO3/c1-57(2)45-21-9-6-16-38(45)39-31-28-36(32-46(39)57)52-53-43-18-8-11-25-50(43)59-51(53)33-44-42-20-13-23-48(55(42)61-56(44)52)58(37-29-26-35(27-30-37)34-14-4-3-5-15-34)47-22-12-19-41-40-17-7-10-24-49(40)60-54(41)47/h3-33H,1-2H3. The molecule has 3 heterocycles. The maximum absolute atomic E-state index is 7.40. The van der Waals surface area contributed by atoms with Gasteiger partial charge in [-0.25, -0.2) is 0 Å². The summed E-state index contributed by atoms with van der Waals surface area (Å²) in [6.07, 6.45) is 0. The predicted molar refractivity (Wildman–Crippen MR) is 251 cm³/mol. The number of anilines is 3. The topological polar surface area (TPSA) is 42.7 Å². The first-order chi connectivity index (χ1) is 30.0. The van der Waals surface area contributed by atoms with Crippen LogP contribution in [0.25, 0.3) is 99.2 Å². The van der Waals surface area contributed by atoms with Gasteiger partial charge in [-0.05, 0) is 87.5 Å². The third-order valence-corrected chi connectivity index (χ3v) is 13.1. The van der Waals surface area contributed by atoms with Gasteiger partial charge in [-0.2, -0.15) is 0 Å². The zero-order valence-electron chi connectivity index (χ0n) is 33.6. The molecule has 61 heavy (non-hydrogen) atoms. The second-order valence-corrected chi connectivity index (χ2v) is 16.8. The van der Waals surface area contributed by atoms with Crippen molar-refractivity contribution < 1.29 is 13.3 Å². The summed E-state index contributed by atoms with van der Waals surface area (Å²) in [4.78, 5) is 2.29. The van der Waals surface area contributed by atoms with Crippen LogP contribution in [0, 0.1) is 0 Å². The number of hydrogen-bond donors (Lipinski definition) is 0. The van der Waals surface area contributed by atoms with E-state index in [0.29, 0.717) is 0 Å². The van der Waals surface area contributed by atoms with Crippen LogP contribution >= 0.6 is 0 Å². The van der Waals surface area contributed by atoms with Crippen LogP contribution in [-0.2, 0) is 5.41 Å². The van der Waals surface area contributed by atoms with Gasteiger partial charge in [0, 0.05) is 49.0 Å². The summed E-state index contributed by atoms with van der Waals surface area (Å²) in [6.45, 7) is 4.67. The summed E-state index contributed by atoms with van der Waals surface area (Å²) in [5, 5.41) is 6.27. The Kier molecular flexibility index (Phi) is 7.04.